The predicted molar refractivity (Wildman–Crippen MR) is 51.9 cm³/mol. The van der Waals surface area contributed by atoms with Crippen LogP contribution in [0.4, 0.5) is 0 Å². The summed E-state index contributed by atoms with van der Waals surface area (Å²) in [5, 5.41) is 3.42. The quantitative estimate of drug-likeness (QED) is 0.795. The highest BCUT2D eigenvalue weighted by atomic mass is 79.9. The highest BCUT2D eigenvalue weighted by molar-refractivity contribution is 9.10. The summed E-state index contributed by atoms with van der Waals surface area (Å²) in [7, 11) is 0. The van der Waals surface area contributed by atoms with E-state index < -0.39 is 0 Å². The fourth-order valence-corrected chi connectivity index (χ4v) is 2.10. The molecule has 2 nitrogen and oxygen atoms in total. The van der Waals surface area contributed by atoms with Gasteiger partial charge in [0.15, 0.2) is 0 Å². The van der Waals surface area contributed by atoms with Crippen LogP contribution in [0.25, 0.3) is 0 Å². The second-order valence-corrected chi connectivity index (χ2v) is 3.87. The Balaban J connectivity index is 2.26. The first kappa shape index (κ1) is 8.20. The topological polar surface area (TPSA) is 24.9 Å². The van der Waals surface area contributed by atoms with Crippen LogP contribution in [0.3, 0.4) is 0 Å². The van der Waals surface area contributed by atoms with Gasteiger partial charge in [0.2, 0.25) is 0 Å². The van der Waals surface area contributed by atoms with E-state index in [0.29, 0.717) is 6.04 Å². The Labute approximate surface area is 80.5 Å². The minimum absolute atomic E-state index is 0.459. The van der Waals surface area contributed by atoms with Crippen molar-refractivity contribution in [3.05, 3.63) is 28.5 Å². The molecule has 0 saturated carbocycles. The Morgan fingerprint density at radius 1 is 1.58 bits per heavy atom. The van der Waals surface area contributed by atoms with Crippen LogP contribution in [-0.2, 0) is 0 Å². The van der Waals surface area contributed by atoms with Crippen LogP contribution in [-0.4, -0.2) is 11.5 Å². The minimum Gasteiger partial charge on any atom is -0.309 e. The Morgan fingerprint density at radius 3 is 3.17 bits per heavy atom. The number of hydrogen-bond donors (Lipinski definition) is 1. The molecule has 2 heterocycles. The van der Waals surface area contributed by atoms with Crippen molar-refractivity contribution in [1.29, 1.82) is 0 Å². The van der Waals surface area contributed by atoms with E-state index in [9.17, 15) is 0 Å². The molecular formula is C9H11BrN2. The highest BCUT2D eigenvalue weighted by Gasteiger charge is 2.18. The van der Waals surface area contributed by atoms with E-state index in [1.54, 1.807) is 0 Å². The first-order valence-electron chi connectivity index (χ1n) is 4.22. The first-order valence-corrected chi connectivity index (χ1v) is 5.01. The lowest BCUT2D eigenvalue weighted by molar-refractivity contribution is 0.624. The monoisotopic (exact) mass is 226 g/mol. The van der Waals surface area contributed by atoms with Crippen molar-refractivity contribution in [3.8, 4) is 0 Å². The minimum atomic E-state index is 0.459. The van der Waals surface area contributed by atoms with Gasteiger partial charge in [-0.05, 0) is 47.4 Å². The third kappa shape index (κ3) is 1.52. The summed E-state index contributed by atoms with van der Waals surface area (Å²) < 4.78 is 1.12. The Hall–Kier alpha value is -0.410. The Kier molecular flexibility index (Phi) is 2.42. The van der Waals surface area contributed by atoms with Crippen LogP contribution < -0.4 is 5.32 Å². The molecular weight excluding hydrogens is 216 g/mol. The number of rotatable bonds is 1. The van der Waals surface area contributed by atoms with E-state index in [1.807, 2.05) is 18.3 Å². The van der Waals surface area contributed by atoms with Crippen LogP contribution in [0, 0.1) is 0 Å². The number of halogens is 1. The van der Waals surface area contributed by atoms with Crippen molar-refractivity contribution in [2.75, 3.05) is 6.54 Å². The molecule has 1 saturated heterocycles. The average Bonchev–Trinajstić information content (AvgIpc) is 2.57. The third-order valence-electron chi connectivity index (χ3n) is 2.18. The van der Waals surface area contributed by atoms with Crippen molar-refractivity contribution < 1.29 is 0 Å². The molecule has 1 atom stereocenters. The van der Waals surface area contributed by atoms with E-state index in [-0.39, 0.29) is 0 Å². The number of pyridine rings is 1. The molecule has 1 unspecified atom stereocenters. The van der Waals surface area contributed by atoms with Gasteiger partial charge in [-0.2, -0.15) is 0 Å². The van der Waals surface area contributed by atoms with E-state index >= 15 is 0 Å². The second-order valence-electron chi connectivity index (χ2n) is 3.02. The van der Waals surface area contributed by atoms with Crippen LogP contribution in [0.15, 0.2) is 22.8 Å². The Bertz CT molecular complexity index is 269. The molecule has 0 bridgehead atoms. The zero-order valence-electron chi connectivity index (χ0n) is 6.76. The molecule has 1 aliphatic rings. The molecule has 0 aromatic carbocycles. The Morgan fingerprint density at radius 2 is 2.50 bits per heavy atom. The molecule has 0 aliphatic carbocycles. The standard InChI is InChI=1S/C9H11BrN2/c10-7-3-1-6-12-9(7)8-4-2-5-11-8/h1,3,6,8,11H,2,4-5H2. The lowest BCUT2D eigenvalue weighted by Crippen LogP contribution is -2.14. The normalized spacial score (nSPS) is 22.9. The van der Waals surface area contributed by atoms with E-state index in [4.69, 9.17) is 0 Å². The number of nitrogens with one attached hydrogen (secondary N) is 1. The molecule has 0 spiro atoms. The molecule has 1 aliphatic heterocycles. The molecule has 0 radical (unpaired) electrons. The first-order chi connectivity index (χ1) is 5.88. The van der Waals surface area contributed by atoms with Crippen LogP contribution in [0.2, 0.25) is 0 Å². The van der Waals surface area contributed by atoms with Gasteiger partial charge in [-0.25, -0.2) is 0 Å². The summed E-state index contributed by atoms with van der Waals surface area (Å²) in [5.41, 5.74) is 1.15. The van der Waals surface area contributed by atoms with Crippen molar-refractivity contribution in [2.24, 2.45) is 0 Å². The number of aromatic nitrogens is 1. The lowest BCUT2D eigenvalue weighted by atomic mass is 10.1. The number of hydrogen-bond acceptors (Lipinski definition) is 2. The molecule has 1 aromatic rings. The summed E-state index contributed by atoms with van der Waals surface area (Å²) in [6, 6.07) is 4.45. The van der Waals surface area contributed by atoms with Gasteiger partial charge in [0.1, 0.15) is 0 Å². The van der Waals surface area contributed by atoms with Crippen LogP contribution in [0.1, 0.15) is 24.6 Å². The summed E-state index contributed by atoms with van der Waals surface area (Å²) in [6.07, 6.45) is 4.31. The molecule has 0 amide bonds. The molecule has 3 heteroatoms. The number of nitrogens with zero attached hydrogens (tertiary/aromatic N) is 1. The average molecular weight is 227 g/mol. The molecule has 1 aromatic heterocycles. The fraction of sp³-hybridized carbons (Fsp3) is 0.444. The zero-order chi connectivity index (χ0) is 8.39. The summed E-state index contributed by atoms with van der Waals surface area (Å²) >= 11 is 3.50. The van der Waals surface area contributed by atoms with Crippen molar-refractivity contribution in [1.82, 2.24) is 10.3 Å². The molecule has 64 valence electrons. The van der Waals surface area contributed by atoms with E-state index in [2.05, 4.69) is 26.2 Å². The van der Waals surface area contributed by atoms with E-state index in [1.165, 1.54) is 12.8 Å². The van der Waals surface area contributed by atoms with Gasteiger partial charge in [-0.15, -0.1) is 0 Å². The van der Waals surface area contributed by atoms with Crippen molar-refractivity contribution in [2.45, 2.75) is 18.9 Å². The van der Waals surface area contributed by atoms with Gasteiger partial charge in [0.05, 0.1) is 11.7 Å². The van der Waals surface area contributed by atoms with Gasteiger partial charge in [0.25, 0.3) is 0 Å². The predicted octanol–water partition coefficient (Wildman–Crippen LogP) is 2.27. The summed E-state index contributed by atoms with van der Waals surface area (Å²) in [4.78, 5) is 4.35. The van der Waals surface area contributed by atoms with Gasteiger partial charge in [0, 0.05) is 10.7 Å². The van der Waals surface area contributed by atoms with Gasteiger partial charge >= 0.3 is 0 Å². The van der Waals surface area contributed by atoms with Crippen molar-refractivity contribution >= 4 is 15.9 Å². The second kappa shape index (κ2) is 3.54. The van der Waals surface area contributed by atoms with Gasteiger partial charge in [-0.1, -0.05) is 0 Å². The van der Waals surface area contributed by atoms with Crippen molar-refractivity contribution in [3.63, 3.8) is 0 Å². The maximum Gasteiger partial charge on any atom is 0.0714 e. The summed E-state index contributed by atoms with van der Waals surface area (Å²) in [5.74, 6) is 0. The maximum absolute atomic E-state index is 4.35. The maximum atomic E-state index is 4.35. The fourth-order valence-electron chi connectivity index (χ4n) is 1.57. The van der Waals surface area contributed by atoms with Crippen LogP contribution >= 0.6 is 15.9 Å². The van der Waals surface area contributed by atoms with E-state index in [0.717, 1.165) is 16.7 Å². The molecule has 1 N–H and O–H groups in total. The smallest absolute Gasteiger partial charge is 0.0714 e. The largest absolute Gasteiger partial charge is 0.309 e. The molecule has 2 rings (SSSR count). The zero-order valence-corrected chi connectivity index (χ0v) is 8.34. The van der Waals surface area contributed by atoms with Crippen LogP contribution in [0.5, 0.6) is 0 Å². The highest BCUT2D eigenvalue weighted by Crippen LogP contribution is 2.26. The molecule has 12 heavy (non-hydrogen) atoms. The van der Waals surface area contributed by atoms with Gasteiger partial charge in [-0.3, -0.25) is 4.98 Å². The SMILES string of the molecule is Brc1cccnc1C1CCCN1. The molecule has 1 fully saturated rings. The lowest BCUT2D eigenvalue weighted by Gasteiger charge is -2.10. The van der Waals surface area contributed by atoms with Gasteiger partial charge < -0.3 is 5.32 Å². The summed E-state index contributed by atoms with van der Waals surface area (Å²) in [6.45, 7) is 1.12. The third-order valence-corrected chi connectivity index (χ3v) is 2.85.